The topological polar surface area (TPSA) is 133 Å². The van der Waals surface area contributed by atoms with Crippen molar-refractivity contribution in [3.05, 3.63) is 161 Å². The van der Waals surface area contributed by atoms with Crippen LogP contribution in [-0.2, 0) is 16.2 Å². The second kappa shape index (κ2) is 19.5. The van der Waals surface area contributed by atoms with Crippen LogP contribution in [0.25, 0.3) is 10.8 Å². The van der Waals surface area contributed by atoms with Crippen LogP contribution in [0.4, 0.5) is 5.69 Å². The van der Waals surface area contributed by atoms with Crippen molar-refractivity contribution in [3.63, 3.8) is 0 Å². The Balaban J connectivity index is 1.30. The maximum absolute atomic E-state index is 11.6. The van der Waals surface area contributed by atoms with Crippen molar-refractivity contribution in [1.82, 2.24) is 0 Å². The van der Waals surface area contributed by atoms with Gasteiger partial charge >= 0.3 is 0 Å². The molecule has 1 fully saturated rings. The Morgan fingerprint density at radius 3 is 2.43 bits per heavy atom. The first-order valence-corrected chi connectivity index (χ1v) is 22.1. The second-order valence-corrected chi connectivity index (χ2v) is 17.3. The van der Waals surface area contributed by atoms with Crippen molar-refractivity contribution in [3.8, 4) is 17.2 Å². The summed E-state index contributed by atoms with van der Waals surface area (Å²) in [5.74, 6) is 0.111. The van der Waals surface area contributed by atoms with E-state index < -0.39 is 10.7 Å². The fourth-order valence-corrected chi connectivity index (χ4v) is 10.8. The number of nitro benzene ring substituents is 1. The van der Waals surface area contributed by atoms with E-state index in [2.05, 4.69) is 49.1 Å². The fourth-order valence-electron chi connectivity index (χ4n) is 9.45. The van der Waals surface area contributed by atoms with Gasteiger partial charge in [0.05, 0.1) is 34.5 Å². The lowest BCUT2D eigenvalue weighted by Crippen LogP contribution is -2.64. The maximum Gasteiger partial charge on any atom is 0.273 e. The molecule has 1 saturated carbocycles. The summed E-state index contributed by atoms with van der Waals surface area (Å²) in [6.45, 7) is 4.84. The molecule has 3 aliphatic rings. The number of rotatable bonds is 19. The van der Waals surface area contributed by atoms with Gasteiger partial charge in [0, 0.05) is 42.1 Å². The van der Waals surface area contributed by atoms with Crippen LogP contribution in [0.15, 0.2) is 150 Å². The smallest absolute Gasteiger partial charge is 0.273 e. The van der Waals surface area contributed by atoms with Gasteiger partial charge in [0.2, 0.25) is 5.79 Å². The average molecular weight is 841 g/mol. The predicted octanol–water partition coefficient (Wildman–Crippen LogP) is 11.2. The SMILES string of the molecule is C=CCO[C@@]12Oc3ccc(Oc4cccc([N+](=O)[O-])c4)cc3[C@H]3[C@H](CCCCO)[C@@H](CCCCO)C=C(C(=NOCc4ccccc4)C[C@@H]1Sc1ccc4ccccc4c1)[C@H]32. The third-order valence-corrected chi connectivity index (χ3v) is 13.4. The largest absolute Gasteiger partial charge is 0.460 e. The third kappa shape index (κ3) is 9.26. The molecule has 61 heavy (non-hydrogen) atoms. The Labute approximate surface area is 361 Å². The number of hydrogen-bond donors (Lipinski definition) is 2. The van der Waals surface area contributed by atoms with Crippen molar-refractivity contribution >= 4 is 33.9 Å². The molecule has 5 aromatic carbocycles. The quantitative estimate of drug-likeness (QED) is 0.0361. The highest BCUT2D eigenvalue weighted by atomic mass is 32.2. The molecule has 1 heterocycles. The molecular formula is C50H52N2O8S. The Morgan fingerprint density at radius 1 is 0.869 bits per heavy atom. The molecule has 5 aromatic rings. The van der Waals surface area contributed by atoms with E-state index in [-0.39, 0.29) is 54.4 Å². The predicted molar refractivity (Wildman–Crippen MR) is 239 cm³/mol. The number of nitro groups is 1. The first-order valence-electron chi connectivity index (χ1n) is 21.2. The van der Waals surface area contributed by atoms with Gasteiger partial charge in [-0.05, 0) is 95.8 Å². The van der Waals surface area contributed by atoms with Crippen LogP contribution in [0.2, 0.25) is 0 Å². The second-order valence-electron chi connectivity index (χ2n) is 16.0. The van der Waals surface area contributed by atoms with Crippen LogP contribution < -0.4 is 9.47 Å². The number of thioether (sulfide) groups is 1. The number of hydrogen-bond acceptors (Lipinski definition) is 10. The number of fused-ring (bicyclic) bond motifs is 3. The monoisotopic (exact) mass is 840 g/mol. The minimum absolute atomic E-state index is 0.0573. The molecule has 316 valence electrons. The zero-order chi connectivity index (χ0) is 42.2. The average Bonchev–Trinajstić information content (AvgIpc) is 3.28. The molecule has 0 amide bonds. The molecule has 0 unspecified atom stereocenters. The molecule has 10 nitrogen and oxygen atoms in total. The summed E-state index contributed by atoms with van der Waals surface area (Å²) in [6.07, 6.45) is 9.36. The number of nitrogens with zero attached hydrogens (tertiary/aromatic N) is 2. The highest BCUT2D eigenvalue weighted by Crippen LogP contribution is 2.63. The molecule has 0 spiro atoms. The molecule has 0 radical (unpaired) electrons. The van der Waals surface area contributed by atoms with Gasteiger partial charge in [0.15, 0.2) is 0 Å². The lowest BCUT2D eigenvalue weighted by molar-refractivity contribution is -0.384. The minimum Gasteiger partial charge on any atom is -0.460 e. The number of oxime groups is 1. The van der Waals surface area contributed by atoms with Gasteiger partial charge in [-0.2, -0.15) is 0 Å². The number of unbranched alkanes of at least 4 members (excludes halogenated alkanes) is 2. The molecule has 8 rings (SSSR count). The van der Waals surface area contributed by atoms with Crippen molar-refractivity contribution in [2.45, 2.75) is 73.4 Å². The lowest BCUT2D eigenvalue weighted by atomic mass is 9.56. The maximum atomic E-state index is 11.6. The molecule has 0 saturated heterocycles. The number of aliphatic hydroxyl groups excluding tert-OH is 2. The summed E-state index contributed by atoms with van der Waals surface area (Å²) < 4.78 is 20.9. The number of benzene rings is 5. The fraction of sp³-hybridized carbons (Fsp3) is 0.340. The van der Waals surface area contributed by atoms with E-state index in [0.717, 1.165) is 63.8 Å². The Morgan fingerprint density at radius 2 is 1.64 bits per heavy atom. The minimum atomic E-state index is -1.17. The highest BCUT2D eigenvalue weighted by molar-refractivity contribution is 8.00. The van der Waals surface area contributed by atoms with E-state index in [9.17, 15) is 20.3 Å². The molecule has 0 aromatic heterocycles. The number of aliphatic hydroxyl groups is 2. The van der Waals surface area contributed by atoms with Crippen molar-refractivity contribution < 1.29 is 34.2 Å². The molecule has 2 N–H and O–H groups in total. The highest BCUT2D eigenvalue weighted by Gasteiger charge is 2.64. The van der Waals surface area contributed by atoms with Crippen molar-refractivity contribution in [2.75, 3.05) is 19.8 Å². The Hall–Kier alpha value is -5.46. The third-order valence-electron chi connectivity index (χ3n) is 12.1. The first-order chi connectivity index (χ1) is 29.9. The Bertz CT molecular complexity index is 2390. The first kappa shape index (κ1) is 42.2. The van der Waals surface area contributed by atoms with Crippen molar-refractivity contribution in [1.29, 1.82) is 0 Å². The van der Waals surface area contributed by atoms with Crippen LogP contribution >= 0.6 is 11.8 Å². The normalized spacial score (nSPS) is 23.3. The molecule has 6 atom stereocenters. The summed E-state index contributed by atoms with van der Waals surface area (Å²) in [5.41, 5.74) is 3.79. The standard InChI is InChI=1S/C50H52N2O8S/c1-2-27-57-50-47(61-41-23-21-35-15-6-7-16-36(35)28-41)32-45(51-58-33-34-13-4-3-5-14-34)43-29-37(17-8-10-25-53)42(20-9-11-26-54)48(49(43)50)44-31-40(22-24-46(44)60-50)59-39-19-12-18-38(30-39)52(55)56/h2-7,12-16,18-19,21-24,28-31,37,42,47-49,53-54H,1,8-11,17,20,25-27,32-33H2/t37-,42+,47-,48+,49+,50+/m0/s1. The van der Waals surface area contributed by atoms with Gasteiger partial charge in [-0.1, -0.05) is 96.9 Å². The summed E-state index contributed by atoms with van der Waals surface area (Å²) in [4.78, 5) is 18.5. The number of allylic oxidation sites excluding steroid dienone is 1. The van der Waals surface area contributed by atoms with E-state index in [1.165, 1.54) is 12.1 Å². The van der Waals surface area contributed by atoms with Crippen LogP contribution in [0.5, 0.6) is 17.2 Å². The van der Waals surface area contributed by atoms with Gasteiger partial charge in [0.1, 0.15) is 23.9 Å². The van der Waals surface area contributed by atoms with E-state index in [1.807, 2.05) is 54.6 Å². The van der Waals surface area contributed by atoms with E-state index in [0.29, 0.717) is 43.1 Å². The van der Waals surface area contributed by atoms with E-state index in [1.54, 1.807) is 30.0 Å². The number of ether oxygens (including phenoxy) is 3. The summed E-state index contributed by atoms with van der Waals surface area (Å²) in [6, 6.07) is 36.9. The summed E-state index contributed by atoms with van der Waals surface area (Å²) in [5, 5.41) is 38.5. The van der Waals surface area contributed by atoms with Crippen LogP contribution in [0.1, 0.15) is 62.0 Å². The van der Waals surface area contributed by atoms with Crippen molar-refractivity contribution in [2.24, 2.45) is 22.9 Å². The Kier molecular flexibility index (Phi) is 13.5. The van der Waals surface area contributed by atoms with Crippen LogP contribution in [0, 0.1) is 27.9 Å². The van der Waals surface area contributed by atoms with Crippen LogP contribution in [0.3, 0.4) is 0 Å². The van der Waals surface area contributed by atoms with E-state index in [4.69, 9.17) is 24.2 Å². The zero-order valence-corrected chi connectivity index (χ0v) is 35.0. The zero-order valence-electron chi connectivity index (χ0n) is 34.1. The van der Waals surface area contributed by atoms with Crippen LogP contribution in [-0.4, -0.2) is 51.7 Å². The summed E-state index contributed by atoms with van der Waals surface area (Å²) >= 11 is 1.72. The number of non-ortho nitro benzene ring substituents is 1. The van der Waals surface area contributed by atoms with Gasteiger partial charge in [0.25, 0.3) is 5.69 Å². The lowest BCUT2D eigenvalue weighted by Gasteiger charge is -2.58. The summed E-state index contributed by atoms with van der Waals surface area (Å²) in [7, 11) is 0. The van der Waals surface area contributed by atoms with Gasteiger partial charge in [-0.25, -0.2) is 0 Å². The van der Waals surface area contributed by atoms with E-state index >= 15 is 0 Å². The van der Waals surface area contributed by atoms with Gasteiger partial charge in [-0.15, -0.1) is 18.3 Å². The molecular weight excluding hydrogens is 789 g/mol. The molecule has 0 bridgehead atoms. The molecule has 1 aliphatic heterocycles. The molecule has 2 aliphatic carbocycles. The molecule has 11 heteroatoms. The van der Waals surface area contributed by atoms with Gasteiger partial charge < -0.3 is 29.3 Å². The van der Waals surface area contributed by atoms with Gasteiger partial charge in [-0.3, -0.25) is 10.1 Å².